The Kier molecular flexibility index (Phi) is 7.77. The van der Waals surface area contributed by atoms with Crippen LogP contribution in [0.2, 0.25) is 0 Å². The summed E-state index contributed by atoms with van der Waals surface area (Å²) in [5.41, 5.74) is -0.203. The van der Waals surface area contributed by atoms with Crippen molar-refractivity contribution in [2.24, 2.45) is 17.3 Å². The fraction of sp³-hybridized carbons (Fsp3) is 0.457. The minimum Gasteiger partial charge on any atom is -0.383 e. The van der Waals surface area contributed by atoms with E-state index in [1.54, 1.807) is 54.6 Å². The van der Waals surface area contributed by atoms with E-state index in [-0.39, 0.29) is 30.4 Å². The highest BCUT2D eigenvalue weighted by molar-refractivity contribution is 6.04. The molecule has 0 heterocycles. The van der Waals surface area contributed by atoms with E-state index in [1.807, 2.05) is 0 Å². The van der Waals surface area contributed by atoms with Gasteiger partial charge in [-0.05, 0) is 110 Å². The van der Waals surface area contributed by atoms with Crippen LogP contribution in [0.25, 0.3) is 0 Å². The molecule has 2 amide bonds. The molecule has 2 fully saturated rings. The second-order valence-electron chi connectivity index (χ2n) is 13.3. The Morgan fingerprint density at radius 1 is 0.891 bits per heavy atom. The summed E-state index contributed by atoms with van der Waals surface area (Å²) in [5, 5.41) is 16.9. The van der Waals surface area contributed by atoms with Gasteiger partial charge in [-0.1, -0.05) is 24.6 Å². The molecular formula is C35H35F5N2O4. The predicted molar refractivity (Wildman–Crippen MR) is 161 cm³/mol. The van der Waals surface area contributed by atoms with Gasteiger partial charge in [0.1, 0.15) is 5.60 Å². The lowest BCUT2D eigenvalue weighted by Gasteiger charge is -2.56. The fourth-order valence-electron chi connectivity index (χ4n) is 8.62. The first-order chi connectivity index (χ1) is 21.6. The second-order valence-corrected chi connectivity index (χ2v) is 13.3. The zero-order chi connectivity index (χ0) is 33.2. The van der Waals surface area contributed by atoms with Crippen LogP contribution in [0.4, 0.5) is 33.3 Å². The Balaban J connectivity index is 1.36. The van der Waals surface area contributed by atoms with Crippen molar-refractivity contribution in [1.29, 1.82) is 0 Å². The van der Waals surface area contributed by atoms with E-state index in [0.717, 1.165) is 16.7 Å². The topological polar surface area (TPSA) is 95.5 Å². The lowest BCUT2D eigenvalue weighted by Crippen LogP contribution is -2.65. The molecule has 46 heavy (non-hydrogen) atoms. The maximum absolute atomic E-state index is 15.2. The van der Waals surface area contributed by atoms with Gasteiger partial charge in [0.2, 0.25) is 5.91 Å². The number of halogens is 5. The van der Waals surface area contributed by atoms with Gasteiger partial charge >= 0.3 is 12.1 Å². The van der Waals surface area contributed by atoms with Crippen LogP contribution in [0.3, 0.4) is 0 Å². The Hall–Kier alpha value is -3.86. The minimum atomic E-state index is -5.92. The van der Waals surface area contributed by atoms with Gasteiger partial charge in [0, 0.05) is 41.6 Å². The van der Waals surface area contributed by atoms with Gasteiger partial charge in [0.15, 0.2) is 5.78 Å². The van der Waals surface area contributed by atoms with Crippen LogP contribution >= 0.6 is 0 Å². The summed E-state index contributed by atoms with van der Waals surface area (Å²) in [6.07, 6.45) is -3.27. The molecule has 2 saturated carbocycles. The highest BCUT2D eigenvalue weighted by atomic mass is 19.4. The maximum Gasteiger partial charge on any atom is 0.456 e. The minimum absolute atomic E-state index is 0.00943. The van der Waals surface area contributed by atoms with Crippen molar-refractivity contribution in [3.63, 3.8) is 0 Å². The molecule has 0 saturated heterocycles. The molecular weight excluding hydrogens is 607 g/mol. The molecule has 0 spiro atoms. The van der Waals surface area contributed by atoms with Crippen LogP contribution in [0.5, 0.6) is 0 Å². The first-order valence-corrected chi connectivity index (χ1v) is 15.5. The molecule has 6 nitrogen and oxygen atoms in total. The number of carbonyl (C=O) groups excluding carboxylic acids is 3. The smallest absolute Gasteiger partial charge is 0.383 e. The van der Waals surface area contributed by atoms with Crippen LogP contribution in [-0.4, -0.2) is 40.4 Å². The standard InChI is InChI=1S/C35H35F5N2O4/c1-19(43)41-23-8-10-24(11-9-23)42-31(45)21-5-3-20(4-6-21)28-18-32(2)29(15-16-33(32,46)34(36,37)35(38,39)40)27-13-7-22-17-25(44)12-14-26(22)30(27)28/h3-6,8-11,17,27-29,46H,7,12-16,18H2,1-2H3,(H,41,43)(H,42,45)/t27-,28+,29-,32-,33-/m0/s1. The molecule has 4 aliphatic carbocycles. The van der Waals surface area contributed by atoms with E-state index in [4.69, 9.17) is 0 Å². The Bertz CT molecular complexity index is 1650. The monoisotopic (exact) mass is 642 g/mol. The van der Waals surface area contributed by atoms with E-state index < -0.39 is 47.3 Å². The van der Waals surface area contributed by atoms with Gasteiger partial charge in [0.25, 0.3) is 5.91 Å². The Morgan fingerprint density at radius 3 is 2.13 bits per heavy atom. The van der Waals surface area contributed by atoms with Gasteiger partial charge in [-0.2, -0.15) is 22.0 Å². The van der Waals surface area contributed by atoms with Crippen LogP contribution in [0, 0.1) is 17.3 Å². The molecule has 0 bridgehead atoms. The Morgan fingerprint density at radius 2 is 1.52 bits per heavy atom. The third-order valence-electron chi connectivity index (χ3n) is 10.8. The van der Waals surface area contributed by atoms with Crippen molar-refractivity contribution < 1.29 is 41.4 Å². The number of carbonyl (C=O) groups is 3. The summed E-state index contributed by atoms with van der Waals surface area (Å²) < 4.78 is 71.8. The quantitative estimate of drug-likeness (QED) is 0.291. The summed E-state index contributed by atoms with van der Waals surface area (Å²) in [7, 11) is 0. The van der Waals surface area contributed by atoms with E-state index in [1.165, 1.54) is 13.8 Å². The highest BCUT2D eigenvalue weighted by Crippen LogP contribution is 2.70. The highest BCUT2D eigenvalue weighted by Gasteiger charge is 2.79. The molecule has 5 atom stereocenters. The number of hydrogen-bond donors (Lipinski definition) is 3. The molecule has 244 valence electrons. The number of amides is 2. The number of nitrogens with one attached hydrogen (secondary N) is 2. The van der Waals surface area contributed by atoms with Crippen molar-refractivity contribution >= 4 is 29.0 Å². The predicted octanol–water partition coefficient (Wildman–Crippen LogP) is 7.73. The number of rotatable bonds is 5. The summed E-state index contributed by atoms with van der Waals surface area (Å²) in [5.74, 6) is -7.46. The normalized spacial score (nSPS) is 29.3. The third kappa shape index (κ3) is 5.07. The first-order valence-electron chi connectivity index (χ1n) is 15.5. The maximum atomic E-state index is 15.2. The number of ketones is 1. The number of anilines is 2. The van der Waals surface area contributed by atoms with Crippen molar-refractivity contribution in [1.82, 2.24) is 0 Å². The molecule has 2 aromatic rings. The molecule has 11 heteroatoms. The van der Waals surface area contributed by atoms with Crippen LogP contribution < -0.4 is 10.6 Å². The molecule has 2 aromatic carbocycles. The fourth-order valence-corrected chi connectivity index (χ4v) is 8.62. The number of allylic oxidation sites excluding steroid dienone is 4. The molecule has 0 aliphatic heterocycles. The average molecular weight is 643 g/mol. The van der Waals surface area contributed by atoms with E-state index in [2.05, 4.69) is 10.6 Å². The van der Waals surface area contributed by atoms with Gasteiger partial charge in [-0.3, -0.25) is 14.4 Å². The number of alkyl halides is 5. The van der Waals surface area contributed by atoms with E-state index in [9.17, 15) is 32.7 Å². The number of benzene rings is 2. The third-order valence-corrected chi connectivity index (χ3v) is 10.8. The zero-order valence-corrected chi connectivity index (χ0v) is 25.4. The number of aliphatic hydroxyl groups is 1. The largest absolute Gasteiger partial charge is 0.456 e. The molecule has 4 aliphatic rings. The SMILES string of the molecule is CC(=O)Nc1ccc(NC(=O)c2ccc([C@H]3C[C@@]4(C)[C@@H](CC[C@@]4(O)C(F)(F)C(F)(F)F)[C@@H]4CCC5=CC(=O)CCC5=C43)cc2)cc1. The summed E-state index contributed by atoms with van der Waals surface area (Å²) >= 11 is 0. The molecule has 3 N–H and O–H groups in total. The van der Waals surface area contributed by atoms with Gasteiger partial charge in [-0.25, -0.2) is 0 Å². The van der Waals surface area contributed by atoms with Crippen molar-refractivity contribution in [3.8, 4) is 0 Å². The lowest BCUT2D eigenvalue weighted by molar-refractivity contribution is -0.362. The van der Waals surface area contributed by atoms with Gasteiger partial charge in [-0.15, -0.1) is 0 Å². The van der Waals surface area contributed by atoms with Crippen molar-refractivity contribution in [2.75, 3.05) is 10.6 Å². The summed E-state index contributed by atoms with van der Waals surface area (Å²) in [4.78, 5) is 36.6. The zero-order valence-electron chi connectivity index (χ0n) is 25.4. The van der Waals surface area contributed by atoms with Crippen LogP contribution in [-0.2, 0) is 9.59 Å². The van der Waals surface area contributed by atoms with Crippen molar-refractivity contribution in [2.45, 2.75) is 82.4 Å². The molecule has 6 rings (SSSR count). The summed E-state index contributed by atoms with van der Waals surface area (Å²) in [6.45, 7) is 2.77. The van der Waals surface area contributed by atoms with Crippen LogP contribution in [0.1, 0.15) is 80.6 Å². The first kappa shape index (κ1) is 32.1. The van der Waals surface area contributed by atoms with Gasteiger partial charge in [0.05, 0.1) is 0 Å². The number of hydrogen-bond acceptors (Lipinski definition) is 4. The van der Waals surface area contributed by atoms with E-state index >= 15 is 8.78 Å². The van der Waals surface area contributed by atoms with Crippen LogP contribution in [0.15, 0.2) is 71.3 Å². The van der Waals surface area contributed by atoms with Gasteiger partial charge < -0.3 is 15.7 Å². The second kappa shape index (κ2) is 11.1. The van der Waals surface area contributed by atoms with Crippen molar-refractivity contribution in [3.05, 3.63) is 82.5 Å². The molecule has 0 aromatic heterocycles. The Labute approximate surface area is 263 Å². The summed E-state index contributed by atoms with van der Waals surface area (Å²) in [6, 6.07) is 13.1. The molecule has 0 unspecified atom stereocenters. The lowest BCUT2D eigenvalue weighted by atomic mass is 9.50. The number of fused-ring (bicyclic) bond motifs is 4. The van der Waals surface area contributed by atoms with E-state index in [0.29, 0.717) is 48.2 Å². The molecule has 0 radical (unpaired) electrons. The average Bonchev–Trinajstić information content (AvgIpc) is 3.28.